The molecule has 102 valence electrons. The van der Waals surface area contributed by atoms with E-state index in [1.807, 2.05) is 6.07 Å². The second-order valence-electron chi connectivity index (χ2n) is 4.17. The fraction of sp³-hybridized carbons (Fsp3) is 0.154. The SMILES string of the molecule is CC(C(=O)Nc1ccc(Cl)cc1N)n1ccnc1C#N. The van der Waals surface area contributed by atoms with Crippen molar-refractivity contribution in [2.75, 3.05) is 11.1 Å². The van der Waals surface area contributed by atoms with Crippen LogP contribution in [-0.4, -0.2) is 15.5 Å². The molecule has 2 rings (SSSR count). The number of anilines is 2. The number of amides is 1. The van der Waals surface area contributed by atoms with Crippen LogP contribution in [0.25, 0.3) is 0 Å². The zero-order chi connectivity index (χ0) is 14.7. The number of nitrogen functional groups attached to an aromatic ring is 1. The predicted molar refractivity (Wildman–Crippen MR) is 76.1 cm³/mol. The van der Waals surface area contributed by atoms with Gasteiger partial charge in [0.25, 0.3) is 0 Å². The summed E-state index contributed by atoms with van der Waals surface area (Å²) in [7, 11) is 0. The maximum absolute atomic E-state index is 12.2. The summed E-state index contributed by atoms with van der Waals surface area (Å²) in [6, 6.07) is 6.16. The van der Waals surface area contributed by atoms with Gasteiger partial charge in [0, 0.05) is 17.4 Å². The van der Waals surface area contributed by atoms with Crippen LogP contribution in [0.5, 0.6) is 0 Å². The molecular formula is C13H12ClN5O. The quantitative estimate of drug-likeness (QED) is 0.846. The lowest BCUT2D eigenvalue weighted by atomic mass is 10.2. The number of nitrogens with one attached hydrogen (secondary N) is 1. The second-order valence-corrected chi connectivity index (χ2v) is 4.60. The first kappa shape index (κ1) is 13.9. The molecule has 3 N–H and O–H groups in total. The van der Waals surface area contributed by atoms with Crippen molar-refractivity contribution in [3.63, 3.8) is 0 Å². The van der Waals surface area contributed by atoms with E-state index >= 15 is 0 Å². The number of nitrogens with two attached hydrogens (primary N) is 1. The molecule has 1 heterocycles. The van der Waals surface area contributed by atoms with Crippen LogP contribution in [0.15, 0.2) is 30.6 Å². The van der Waals surface area contributed by atoms with E-state index < -0.39 is 6.04 Å². The number of hydrogen-bond acceptors (Lipinski definition) is 4. The summed E-state index contributed by atoms with van der Waals surface area (Å²) in [5, 5.41) is 12.1. The Balaban J connectivity index is 2.18. The maximum Gasteiger partial charge on any atom is 0.247 e. The predicted octanol–water partition coefficient (Wildman–Crippen LogP) is 2.19. The summed E-state index contributed by atoms with van der Waals surface area (Å²) in [5.74, 6) is -0.120. The van der Waals surface area contributed by atoms with E-state index in [0.29, 0.717) is 16.4 Å². The number of nitriles is 1. The van der Waals surface area contributed by atoms with Gasteiger partial charge in [-0.25, -0.2) is 4.98 Å². The fourth-order valence-electron chi connectivity index (χ4n) is 1.72. The molecule has 1 amide bonds. The second kappa shape index (κ2) is 5.63. The highest BCUT2D eigenvalue weighted by atomic mass is 35.5. The van der Waals surface area contributed by atoms with Gasteiger partial charge >= 0.3 is 0 Å². The Hall–Kier alpha value is -2.52. The Labute approximate surface area is 120 Å². The standard InChI is InChI=1S/C13H12ClN5O/c1-8(19-5-4-17-12(19)7-15)13(20)18-11-3-2-9(14)6-10(11)16/h2-6,8H,16H2,1H3,(H,18,20). The molecule has 0 bridgehead atoms. The smallest absolute Gasteiger partial charge is 0.247 e. The number of halogens is 1. The monoisotopic (exact) mass is 289 g/mol. The average molecular weight is 290 g/mol. The van der Waals surface area contributed by atoms with Crippen molar-refractivity contribution in [2.24, 2.45) is 0 Å². The molecule has 0 radical (unpaired) electrons. The van der Waals surface area contributed by atoms with E-state index in [1.165, 1.54) is 10.8 Å². The number of carbonyl (C=O) groups is 1. The first-order valence-electron chi connectivity index (χ1n) is 5.81. The first-order valence-corrected chi connectivity index (χ1v) is 6.19. The number of hydrogen-bond donors (Lipinski definition) is 2. The van der Waals surface area contributed by atoms with E-state index in [-0.39, 0.29) is 11.7 Å². The zero-order valence-corrected chi connectivity index (χ0v) is 11.4. The minimum atomic E-state index is -0.581. The molecule has 0 saturated carbocycles. The van der Waals surface area contributed by atoms with Gasteiger partial charge in [0.1, 0.15) is 12.1 Å². The van der Waals surface area contributed by atoms with Crippen LogP contribution < -0.4 is 11.1 Å². The molecule has 1 unspecified atom stereocenters. The normalized spacial score (nSPS) is 11.7. The van der Waals surface area contributed by atoms with Crippen LogP contribution in [0.4, 0.5) is 11.4 Å². The molecule has 6 nitrogen and oxygen atoms in total. The van der Waals surface area contributed by atoms with E-state index in [0.717, 1.165) is 0 Å². The lowest BCUT2D eigenvalue weighted by Gasteiger charge is -2.15. The lowest BCUT2D eigenvalue weighted by Crippen LogP contribution is -2.24. The Kier molecular flexibility index (Phi) is 3.91. The number of benzene rings is 1. The van der Waals surface area contributed by atoms with Crippen LogP contribution in [-0.2, 0) is 4.79 Å². The summed E-state index contributed by atoms with van der Waals surface area (Å²) in [6.45, 7) is 1.67. The van der Waals surface area contributed by atoms with E-state index in [9.17, 15) is 4.79 Å². The van der Waals surface area contributed by atoms with Crippen molar-refractivity contribution >= 4 is 28.9 Å². The molecule has 1 aromatic carbocycles. The number of carbonyl (C=O) groups excluding carboxylic acids is 1. The zero-order valence-electron chi connectivity index (χ0n) is 10.7. The van der Waals surface area contributed by atoms with E-state index in [1.54, 1.807) is 31.3 Å². The molecule has 1 aromatic heterocycles. The van der Waals surface area contributed by atoms with Gasteiger partial charge in [-0.2, -0.15) is 5.26 Å². The Morgan fingerprint density at radius 2 is 2.35 bits per heavy atom. The molecule has 0 saturated heterocycles. The van der Waals surface area contributed by atoms with Gasteiger partial charge in [0.15, 0.2) is 0 Å². The molecule has 0 aliphatic heterocycles. The van der Waals surface area contributed by atoms with E-state index in [2.05, 4.69) is 10.3 Å². The Morgan fingerprint density at radius 3 is 3.00 bits per heavy atom. The summed E-state index contributed by atoms with van der Waals surface area (Å²) >= 11 is 5.80. The highest BCUT2D eigenvalue weighted by molar-refractivity contribution is 6.31. The summed E-state index contributed by atoms with van der Waals surface area (Å²) in [6.07, 6.45) is 3.05. The van der Waals surface area contributed by atoms with Gasteiger partial charge in [-0.15, -0.1) is 0 Å². The van der Waals surface area contributed by atoms with Gasteiger partial charge in [-0.1, -0.05) is 11.6 Å². The molecule has 20 heavy (non-hydrogen) atoms. The largest absolute Gasteiger partial charge is 0.397 e. The van der Waals surface area contributed by atoms with Crippen molar-refractivity contribution in [1.29, 1.82) is 5.26 Å². The number of imidazole rings is 1. The molecule has 0 aliphatic rings. The van der Waals surface area contributed by atoms with Crippen LogP contribution in [0.3, 0.4) is 0 Å². The minimum absolute atomic E-state index is 0.178. The van der Waals surface area contributed by atoms with Crippen LogP contribution in [0.1, 0.15) is 18.8 Å². The highest BCUT2D eigenvalue weighted by Gasteiger charge is 2.18. The van der Waals surface area contributed by atoms with Crippen LogP contribution in [0.2, 0.25) is 5.02 Å². The third-order valence-electron chi connectivity index (χ3n) is 2.84. The molecule has 0 aliphatic carbocycles. The maximum atomic E-state index is 12.2. The lowest BCUT2D eigenvalue weighted by molar-refractivity contribution is -0.118. The third kappa shape index (κ3) is 2.73. The van der Waals surface area contributed by atoms with E-state index in [4.69, 9.17) is 22.6 Å². The number of nitrogens with zero attached hydrogens (tertiary/aromatic N) is 3. The van der Waals surface area contributed by atoms with Gasteiger partial charge in [0.2, 0.25) is 11.7 Å². The summed E-state index contributed by atoms with van der Waals surface area (Å²) in [5.41, 5.74) is 6.63. The van der Waals surface area contributed by atoms with Crippen molar-refractivity contribution in [3.05, 3.63) is 41.4 Å². The first-order chi connectivity index (χ1) is 9.52. The average Bonchev–Trinajstić information content (AvgIpc) is 2.89. The van der Waals surface area contributed by atoms with Crippen molar-refractivity contribution in [3.8, 4) is 6.07 Å². The molecule has 0 spiro atoms. The molecule has 2 aromatic rings. The van der Waals surface area contributed by atoms with Gasteiger partial charge in [-0.3, -0.25) is 4.79 Å². The Morgan fingerprint density at radius 1 is 1.60 bits per heavy atom. The Bertz CT molecular complexity index is 688. The van der Waals surface area contributed by atoms with Crippen LogP contribution >= 0.6 is 11.6 Å². The van der Waals surface area contributed by atoms with Gasteiger partial charge in [0.05, 0.1) is 11.4 Å². The molecule has 1 atom stereocenters. The van der Waals surface area contributed by atoms with Crippen LogP contribution in [0, 0.1) is 11.3 Å². The molecule has 0 fully saturated rings. The topological polar surface area (TPSA) is 96.7 Å². The number of rotatable bonds is 3. The van der Waals surface area contributed by atoms with Crippen molar-refractivity contribution < 1.29 is 4.79 Å². The van der Waals surface area contributed by atoms with Crippen molar-refractivity contribution in [1.82, 2.24) is 9.55 Å². The van der Waals surface area contributed by atoms with Gasteiger partial charge in [-0.05, 0) is 25.1 Å². The molecule has 7 heteroatoms. The summed E-state index contributed by atoms with van der Waals surface area (Å²) < 4.78 is 1.49. The van der Waals surface area contributed by atoms with Crippen molar-refractivity contribution in [2.45, 2.75) is 13.0 Å². The molecular weight excluding hydrogens is 278 g/mol. The third-order valence-corrected chi connectivity index (χ3v) is 3.07. The minimum Gasteiger partial charge on any atom is -0.397 e. The summed E-state index contributed by atoms with van der Waals surface area (Å²) in [4.78, 5) is 16.0. The fourth-order valence-corrected chi connectivity index (χ4v) is 1.90. The van der Waals surface area contributed by atoms with Gasteiger partial charge < -0.3 is 15.6 Å². The highest BCUT2D eigenvalue weighted by Crippen LogP contribution is 2.23. The number of aromatic nitrogens is 2.